The number of hydrogen-bond donors (Lipinski definition) is 1. The Morgan fingerprint density at radius 3 is 3.38 bits per heavy atom. The molecule has 0 aromatic rings. The minimum atomic E-state index is 0.0718. The summed E-state index contributed by atoms with van der Waals surface area (Å²) in [5.41, 5.74) is 0. The number of rotatable bonds is 0. The van der Waals surface area contributed by atoms with Gasteiger partial charge in [-0.3, -0.25) is 0 Å². The quantitative estimate of drug-likeness (QED) is 0.505. The first-order valence-corrected chi connectivity index (χ1v) is 2.14. The van der Waals surface area contributed by atoms with E-state index in [1.807, 2.05) is 0 Å². The van der Waals surface area contributed by atoms with Crippen LogP contribution in [0, 0.1) is 0 Å². The number of aliphatic hydroxyl groups excluding tert-OH is 1. The number of hydrogen-bond acceptors (Lipinski definition) is 3. The predicted molar refractivity (Wildman–Crippen MR) is 29.4 cm³/mol. The van der Waals surface area contributed by atoms with Gasteiger partial charge in [-0.25, -0.2) is 0 Å². The Kier molecular flexibility index (Phi) is 1.32. The summed E-state index contributed by atoms with van der Waals surface area (Å²) in [4.78, 5) is 4.40. The lowest BCUT2D eigenvalue weighted by Gasteiger charge is -1.83. The van der Waals surface area contributed by atoms with Gasteiger partial charge in [0.05, 0.1) is 6.21 Å². The van der Waals surface area contributed by atoms with Crippen LogP contribution in [0.3, 0.4) is 0 Å². The SMILES string of the molecule is OC1=CON=CC=C1. The molecule has 3 nitrogen and oxygen atoms in total. The van der Waals surface area contributed by atoms with Gasteiger partial charge in [-0.15, -0.1) is 0 Å². The van der Waals surface area contributed by atoms with E-state index >= 15 is 0 Å². The minimum absolute atomic E-state index is 0.0718. The van der Waals surface area contributed by atoms with Crippen molar-refractivity contribution in [2.75, 3.05) is 0 Å². The average Bonchev–Trinajstić information content (AvgIpc) is 1.94. The van der Waals surface area contributed by atoms with Gasteiger partial charge in [0, 0.05) is 0 Å². The topological polar surface area (TPSA) is 41.8 Å². The molecule has 0 atom stereocenters. The van der Waals surface area contributed by atoms with E-state index in [1.165, 1.54) is 12.3 Å². The van der Waals surface area contributed by atoms with Crippen LogP contribution in [0.4, 0.5) is 0 Å². The summed E-state index contributed by atoms with van der Waals surface area (Å²) in [5, 5.41) is 12.0. The second-order valence-corrected chi connectivity index (χ2v) is 1.26. The Morgan fingerprint density at radius 2 is 2.50 bits per heavy atom. The van der Waals surface area contributed by atoms with Gasteiger partial charge in [0.25, 0.3) is 0 Å². The summed E-state index contributed by atoms with van der Waals surface area (Å²) in [7, 11) is 0. The Balaban J connectivity index is 2.69. The van der Waals surface area contributed by atoms with Crippen molar-refractivity contribution < 1.29 is 9.94 Å². The van der Waals surface area contributed by atoms with E-state index in [2.05, 4.69) is 9.99 Å². The van der Waals surface area contributed by atoms with Gasteiger partial charge in [0.2, 0.25) is 0 Å². The summed E-state index contributed by atoms with van der Waals surface area (Å²) in [6.07, 6.45) is 5.66. The van der Waals surface area contributed by atoms with Gasteiger partial charge in [-0.2, -0.15) is 0 Å². The Labute approximate surface area is 46.6 Å². The maximum atomic E-state index is 8.66. The van der Waals surface area contributed by atoms with Crippen molar-refractivity contribution in [1.82, 2.24) is 0 Å². The first kappa shape index (κ1) is 4.90. The molecule has 0 aromatic carbocycles. The molecule has 3 heteroatoms. The van der Waals surface area contributed by atoms with Crippen LogP contribution < -0.4 is 0 Å². The van der Waals surface area contributed by atoms with E-state index in [0.717, 1.165) is 6.26 Å². The van der Waals surface area contributed by atoms with E-state index in [-0.39, 0.29) is 5.76 Å². The fourth-order valence-corrected chi connectivity index (χ4v) is 0.336. The highest BCUT2D eigenvalue weighted by Crippen LogP contribution is 1.94. The Morgan fingerprint density at radius 1 is 1.62 bits per heavy atom. The number of oxime groups is 1. The van der Waals surface area contributed by atoms with Crippen LogP contribution in [0.1, 0.15) is 0 Å². The summed E-state index contributed by atoms with van der Waals surface area (Å²) in [5.74, 6) is 0.0718. The molecule has 0 aromatic heterocycles. The Hall–Kier alpha value is -1.25. The van der Waals surface area contributed by atoms with E-state index in [9.17, 15) is 0 Å². The summed E-state index contributed by atoms with van der Waals surface area (Å²) >= 11 is 0. The molecular weight excluding hydrogens is 106 g/mol. The van der Waals surface area contributed by atoms with Crippen molar-refractivity contribution in [3.63, 3.8) is 0 Å². The maximum absolute atomic E-state index is 8.66. The summed E-state index contributed by atoms with van der Waals surface area (Å²) in [6, 6.07) is 0. The molecule has 0 saturated carbocycles. The molecule has 1 aliphatic rings. The van der Waals surface area contributed by atoms with Crippen LogP contribution in [0.2, 0.25) is 0 Å². The second kappa shape index (κ2) is 2.16. The lowest BCUT2D eigenvalue weighted by molar-refractivity contribution is 0.251. The molecule has 1 aliphatic heterocycles. The maximum Gasteiger partial charge on any atom is 0.163 e. The summed E-state index contributed by atoms with van der Waals surface area (Å²) < 4.78 is 0. The lowest BCUT2D eigenvalue weighted by atomic mass is 10.5. The highest BCUT2D eigenvalue weighted by molar-refractivity contribution is 5.71. The number of nitrogens with zero attached hydrogens (tertiary/aromatic N) is 1. The molecule has 0 spiro atoms. The van der Waals surface area contributed by atoms with Crippen molar-refractivity contribution in [3.8, 4) is 0 Å². The molecule has 0 amide bonds. The molecule has 0 aliphatic carbocycles. The zero-order valence-corrected chi connectivity index (χ0v) is 4.11. The normalized spacial score (nSPS) is 16.8. The fraction of sp³-hybridized carbons (Fsp3) is 0. The number of allylic oxidation sites excluding steroid dienone is 2. The third kappa shape index (κ3) is 1.11. The molecule has 0 radical (unpaired) electrons. The third-order valence-electron chi connectivity index (χ3n) is 0.648. The van der Waals surface area contributed by atoms with Crippen molar-refractivity contribution >= 4 is 6.21 Å². The zero-order chi connectivity index (χ0) is 5.82. The first-order chi connectivity index (χ1) is 3.89. The molecule has 0 saturated heterocycles. The molecule has 0 fully saturated rings. The molecule has 1 heterocycles. The molecule has 1 N–H and O–H groups in total. The van der Waals surface area contributed by atoms with Crippen molar-refractivity contribution in [2.45, 2.75) is 0 Å². The van der Waals surface area contributed by atoms with E-state index < -0.39 is 0 Å². The van der Waals surface area contributed by atoms with Gasteiger partial charge in [0.1, 0.15) is 0 Å². The average molecular weight is 111 g/mol. The van der Waals surface area contributed by atoms with Crippen LogP contribution in [-0.2, 0) is 4.84 Å². The van der Waals surface area contributed by atoms with Crippen LogP contribution >= 0.6 is 0 Å². The van der Waals surface area contributed by atoms with Crippen LogP contribution in [0.25, 0.3) is 0 Å². The monoisotopic (exact) mass is 111 g/mol. The largest absolute Gasteiger partial charge is 0.505 e. The van der Waals surface area contributed by atoms with Gasteiger partial charge in [-0.1, -0.05) is 5.16 Å². The first-order valence-electron chi connectivity index (χ1n) is 2.14. The molecular formula is C5H5NO2. The lowest BCUT2D eigenvalue weighted by Crippen LogP contribution is -1.70. The minimum Gasteiger partial charge on any atom is -0.505 e. The van der Waals surface area contributed by atoms with Gasteiger partial charge in [-0.05, 0) is 12.2 Å². The summed E-state index contributed by atoms with van der Waals surface area (Å²) in [6.45, 7) is 0. The zero-order valence-electron chi connectivity index (χ0n) is 4.11. The second-order valence-electron chi connectivity index (χ2n) is 1.26. The van der Waals surface area contributed by atoms with Crippen molar-refractivity contribution in [1.29, 1.82) is 0 Å². The van der Waals surface area contributed by atoms with E-state index in [1.54, 1.807) is 6.08 Å². The number of aliphatic hydroxyl groups is 1. The molecule has 1 rings (SSSR count). The van der Waals surface area contributed by atoms with Crippen molar-refractivity contribution in [3.05, 3.63) is 24.2 Å². The Bertz CT molecular complexity index is 155. The van der Waals surface area contributed by atoms with Gasteiger partial charge >= 0.3 is 0 Å². The standard InChI is InChI=1S/C5H5NO2/c7-5-2-1-3-6-8-4-5/h1-4,7H. The smallest absolute Gasteiger partial charge is 0.163 e. The van der Waals surface area contributed by atoms with Crippen LogP contribution in [-0.4, -0.2) is 11.3 Å². The molecule has 42 valence electrons. The van der Waals surface area contributed by atoms with Crippen molar-refractivity contribution in [2.24, 2.45) is 5.16 Å². The van der Waals surface area contributed by atoms with Crippen LogP contribution in [0.5, 0.6) is 0 Å². The van der Waals surface area contributed by atoms with Gasteiger partial charge in [0.15, 0.2) is 12.0 Å². The highest BCUT2D eigenvalue weighted by Gasteiger charge is 1.85. The molecule has 0 unspecified atom stereocenters. The third-order valence-corrected chi connectivity index (χ3v) is 0.648. The van der Waals surface area contributed by atoms with Gasteiger partial charge < -0.3 is 9.94 Å². The fourth-order valence-electron chi connectivity index (χ4n) is 0.336. The van der Waals surface area contributed by atoms with E-state index in [4.69, 9.17) is 5.11 Å². The van der Waals surface area contributed by atoms with E-state index in [0.29, 0.717) is 0 Å². The highest BCUT2D eigenvalue weighted by atomic mass is 16.6. The molecule has 0 bridgehead atoms. The van der Waals surface area contributed by atoms with Crippen LogP contribution in [0.15, 0.2) is 29.3 Å². The molecule has 8 heavy (non-hydrogen) atoms. The predicted octanol–water partition coefficient (Wildman–Crippen LogP) is 0.958.